The number of hydrogen-bond acceptors (Lipinski definition) is 8. The number of aliphatic hydroxyl groups is 1. The first-order chi connectivity index (χ1) is 14.3. The standard InChI is InChI=1S/C19H25F3N4O3S/c1-23-16-14(28-9-15(27)19(20,21)22)5-4-13(18(24-2)30-3)17(16)29-10-26-7-11-6-12(8-26)25-11/h4-5,11-12,15,25,27H,1,6-10H2,2-3H3. The van der Waals surface area contributed by atoms with Crippen molar-refractivity contribution in [2.75, 3.05) is 39.7 Å². The number of hydrogen-bond donors (Lipinski definition) is 2. The van der Waals surface area contributed by atoms with Crippen molar-refractivity contribution in [1.29, 1.82) is 0 Å². The fraction of sp³-hybridized carbons (Fsp3) is 0.579. The summed E-state index contributed by atoms with van der Waals surface area (Å²) in [5.41, 5.74) is 0.828. The average molecular weight is 446 g/mol. The number of aliphatic imine (C=N–C) groups is 2. The van der Waals surface area contributed by atoms with Crippen LogP contribution < -0.4 is 14.8 Å². The van der Waals surface area contributed by atoms with Crippen molar-refractivity contribution in [3.8, 4) is 11.5 Å². The molecule has 3 aliphatic heterocycles. The zero-order valence-corrected chi connectivity index (χ0v) is 17.6. The van der Waals surface area contributed by atoms with E-state index in [1.165, 1.54) is 17.8 Å². The predicted molar refractivity (Wildman–Crippen MR) is 112 cm³/mol. The summed E-state index contributed by atoms with van der Waals surface area (Å²) >= 11 is 1.41. The molecule has 7 nitrogen and oxygen atoms in total. The molecule has 2 N–H and O–H groups in total. The molecule has 4 rings (SSSR count). The number of nitrogens with zero attached hydrogens (tertiary/aromatic N) is 3. The molecule has 1 aromatic carbocycles. The maximum atomic E-state index is 12.6. The van der Waals surface area contributed by atoms with E-state index in [-0.39, 0.29) is 11.4 Å². The molecule has 166 valence electrons. The molecular weight excluding hydrogens is 421 g/mol. The van der Waals surface area contributed by atoms with Crippen molar-refractivity contribution in [1.82, 2.24) is 10.2 Å². The van der Waals surface area contributed by atoms with Gasteiger partial charge in [0.05, 0.1) is 5.56 Å². The van der Waals surface area contributed by atoms with Crippen LogP contribution in [0.5, 0.6) is 11.5 Å². The average Bonchev–Trinajstić information content (AvgIpc) is 2.70. The number of thioether (sulfide) groups is 1. The fourth-order valence-corrected chi connectivity index (χ4v) is 4.15. The Morgan fingerprint density at radius 2 is 2.03 bits per heavy atom. The van der Waals surface area contributed by atoms with Crippen LogP contribution in [-0.2, 0) is 0 Å². The summed E-state index contributed by atoms with van der Waals surface area (Å²) in [7, 11) is 1.64. The number of aliphatic hydroxyl groups excluding tert-OH is 1. The summed E-state index contributed by atoms with van der Waals surface area (Å²) in [6.45, 7) is 4.58. The van der Waals surface area contributed by atoms with Gasteiger partial charge in [0.25, 0.3) is 0 Å². The van der Waals surface area contributed by atoms with Crippen molar-refractivity contribution in [2.24, 2.45) is 9.98 Å². The molecule has 3 aliphatic rings. The summed E-state index contributed by atoms with van der Waals surface area (Å²) in [4.78, 5) is 10.4. The molecule has 3 atom stereocenters. The van der Waals surface area contributed by atoms with Gasteiger partial charge < -0.3 is 19.9 Å². The Bertz CT molecular complexity index is 790. The Balaban J connectivity index is 1.84. The molecule has 11 heteroatoms. The van der Waals surface area contributed by atoms with Crippen molar-refractivity contribution in [2.45, 2.75) is 30.8 Å². The van der Waals surface area contributed by atoms with Crippen LogP contribution in [0, 0.1) is 0 Å². The van der Waals surface area contributed by atoms with E-state index in [1.807, 2.05) is 6.26 Å². The van der Waals surface area contributed by atoms with E-state index in [0.29, 0.717) is 35.2 Å². The summed E-state index contributed by atoms with van der Waals surface area (Å²) in [5, 5.41) is 13.4. The second-order valence-electron chi connectivity index (χ2n) is 7.15. The summed E-state index contributed by atoms with van der Waals surface area (Å²) in [6, 6.07) is 4.06. The van der Waals surface area contributed by atoms with Gasteiger partial charge in [0.2, 0.25) is 0 Å². The minimum Gasteiger partial charge on any atom is -0.488 e. The molecule has 2 bridgehead atoms. The van der Waals surface area contributed by atoms with Gasteiger partial charge >= 0.3 is 6.18 Å². The van der Waals surface area contributed by atoms with Crippen LogP contribution in [0.25, 0.3) is 0 Å². The SMILES string of the molecule is C=Nc1c(OCC(O)C(F)(F)F)ccc(C(=NC)SC)c1OCN1CC2CC(C1)N2. The number of piperidine rings is 1. The van der Waals surface area contributed by atoms with Crippen molar-refractivity contribution >= 4 is 29.2 Å². The molecule has 3 fully saturated rings. The third kappa shape index (κ3) is 5.08. The van der Waals surface area contributed by atoms with Crippen LogP contribution in [-0.4, -0.2) is 85.9 Å². The van der Waals surface area contributed by atoms with Crippen LogP contribution in [0.3, 0.4) is 0 Å². The van der Waals surface area contributed by atoms with Crippen LogP contribution >= 0.6 is 11.8 Å². The zero-order valence-electron chi connectivity index (χ0n) is 16.8. The molecule has 0 amide bonds. The molecule has 3 heterocycles. The smallest absolute Gasteiger partial charge is 0.417 e. The highest BCUT2D eigenvalue weighted by Gasteiger charge is 2.39. The normalized spacial score (nSPS) is 22.9. The molecule has 3 unspecified atom stereocenters. The Morgan fingerprint density at radius 1 is 1.37 bits per heavy atom. The number of rotatable bonds is 8. The minimum absolute atomic E-state index is 0.0479. The lowest BCUT2D eigenvalue weighted by molar-refractivity contribution is -0.210. The largest absolute Gasteiger partial charge is 0.488 e. The van der Waals surface area contributed by atoms with Crippen molar-refractivity contribution in [3.63, 3.8) is 0 Å². The van der Waals surface area contributed by atoms with Gasteiger partial charge in [-0.15, -0.1) is 11.8 Å². The lowest BCUT2D eigenvalue weighted by Gasteiger charge is -2.48. The van der Waals surface area contributed by atoms with E-state index < -0.39 is 18.9 Å². The summed E-state index contributed by atoms with van der Waals surface area (Å²) < 4.78 is 49.1. The second-order valence-corrected chi connectivity index (χ2v) is 7.95. The first kappa shape index (κ1) is 22.9. The van der Waals surface area contributed by atoms with Gasteiger partial charge in [-0.1, -0.05) is 0 Å². The molecule has 0 spiro atoms. The van der Waals surface area contributed by atoms with Crippen LogP contribution in [0.2, 0.25) is 0 Å². The van der Waals surface area contributed by atoms with Gasteiger partial charge in [0.15, 0.2) is 11.9 Å². The Morgan fingerprint density at radius 3 is 2.57 bits per heavy atom. The minimum atomic E-state index is -4.77. The number of halogens is 3. The molecule has 3 saturated heterocycles. The molecular formula is C19H25F3N4O3S. The number of nitrogens with one attached hydrogen (secondary N) is 1. The van der Waals surface area contributed by atoms with E-state index in [2.05, 4.69) is 26.9 Å². The highest BCUT2D eigenvalue weighted by atomic mass is 32.2. The van der Waals surface area contributed by atoms with Crippen LogP contribution in [0.4, 0.5) is 18.9 Å². The lowest BCUT2D eigenvalue weighted by atomic mass is 9.92. The second kappa shape index (κ2) is 9.54. The van der Waals surface area contributed by atoms with Crippen LogP contribution in [0.15, 0.2) is 22.1 Å². The fourth-order valence-electron chi connectivity index (χ4n) is 3.58. The molecule has 0 saturated carbocycles. The van der Waals surface area contributed by atoms with E-state index in [4.69, 9.17) is 9.47 Å². The topological polar surface area (TPSA) is 78.7 Å². The Labute approximate surface area is 177 Å². The zero-order chi connectivity index (χ0) is 21.9. The van der Waals surface area contributed by atoms with E-state index in [1.54, 1.807) is 13.1 Å². The Hall–Kier alpha value is -1.82. The van der Waals surface area contributed by atoms with Gasteiger partial charge in [0.1, 0.15) is 29.8 Å². The number of fused-ring (bicyclic) bond motifs is 2. The maximum Gasteiger partial charge on any atom is 0.417 e. The third-order valence-corrected chi connectivity index (χ3v) is 5.83. The quantitative estimate of drug-likeness (QED) is 0.472. The first-order valence-electron chi connectivity index (χ1n) is 9.40. The first-order valence-corrected chi connectivity index (χ1v) is 10.6. The highest BCUT2D eigenvalue weighted by Crippen LogP contribution is 2.42. The number of benzene rings is 1. The van der Waals surface area contributed by atoms with Gasteiger partial charge in [-0.25, -0.2) is 0 Å². The van der Waals surface area contributed by atoms with E-state index >= 15 is 0 Å². The molecule has 0 aromatic heterocycles. The number of alkyl halides is 3. The van der Waals surface area contributed by atoms with Gasteiger partial charge in [-0.3, -0.25) is 14.9 Å². The Kier molecular flexibility index (Phi) is 7.27. The maximum absolute atomic E-state index is 12.6. The molecule has 30 heavy (non-hydrogen) atoms. The number of piperazine rings is 1. The van der Waals surface area contributed by atoms with Crippen molar-refractivity contribution < 1.29 is 27.8 Å². The van der Waals surface area contributed by atoms with Crippen molar-refractivity contribution in [3.05, 3.63) is 17.7 Å². The lowest BCUT2D eigenvalue weighted by Crippen LogP contribution is -2.67. The highest BCUT2D eigenvalue weighted by molar-refractivity contribution is 8.13. The van der Waals surface area contributed by atoms with E-state index in [9.17, 15) is 18.3 Å². The molecule has 0 radical (unpaired) electrons. The monoisotopic (exact) mass is 446 g/mol. The van der Waals surface area contributed by atoms with Crippen LogP contribution in [0.1, 0.15) is 12.0 Å². The van der Waals surface area contributed by atoms with Gasteiger partial charge in [-0.05, 0) is 31.5 Å². The van der Waals surface area contributed by atoms with Gasteiger partial charge in [-0.2, -0.15) is 13.2 Å². The predicted octanol–water partition coefficient (Wildman–Crippen LogP) is 2.44. The molecule has 1 aromatic rings. The van der Waals surface area contributed by atoms with Gasteiger partial charge in [0, 0.05) is 32.2 Å². The summed E-state index contributed by atoms with van der Waals surface area (Å²) in [5.74, 6) is 0.387. The molecule has 0 aliphatic carbocycles. The third-order valence-electron chi connectivity index (χ3n) is 5.04. The summed E-state index contributed by atoms with van der Waals surface area (Å²) in [6.07, 6.45) is -4.36. The number of ether oxygens (including phenoxy) is 2. The van der Waals surface area contributed by atoms with E-state index in [0.717, 1.165) is 19.5 Å².